The number of benzene rings is 1. The molecule has 1 aromatic rings. The van der Waals surface area contributed by atoms with E-state index in [4.69, 9.17) is 22.1 Å². The lowest BCUT2D eigenvalue weighted by Gasteiger charge is -2.11. The molecule has 1 aromatic carbocycles. The van der Waals surface area contributed by atoms with Crippen molar-refractivity contribution in [3.05, 3.63) is 28.8 Å². The predicted octanol–water partition coefficient (Wildman–Crippen LogP) is 3.61. The summed E-state index contributed by atoms with van der Waals surface area (Å²) in [6, 6.07) is 5.88. The molecule has 2 nitrogen and oxygen atoms in total. The molecule has 0 saturated heterocycles. The monoisotopic (exact) mass is 275 g/mol. The highest BCUT2D eigenvalue weighted by Gasteiger charge is 2.38. The maximum absolute atomic E-state index is 6.03. The van der Waals surface area contributed by atoms with Crippen LogP contribution in [0.5, 0.6) is 5.75 Å². The fraction of sp³-hybridized carbons (Fsp3) is 0.538. The van der Waals surface area contributed by atoms with Gasteiger partial charge in [-0.15, -0.1) is 12.4 Å². The van der Waals surface area contributed by atoms with Crippen LogP contribution in [0.3, 0.4) is 0 Å². The van der Waals surface area contributed by atoms with Gasteiger partial charge >= 0.3 is 0 Å². The molecule has 96 valence electrons. The van der Waals surface area contributed by atoms with Crippen LogP contribution in [0.2, 0.25) is 5.02 Å². The highest BCUT2D eigenvalue weighted by atomic mass is 35.5. The molecule has 1 fully saturated rings. The Labute approximate surface area is 114 Å². The van der Waals surface area contributed by atoms with E-state index in [2.05, 4.69) is 6.92 Å². The molecule has 2 rings (SSSR count). The standard InChI is InChI=1S/C13H18ClNO.ClH/c1-2-5-16-13-4-3-10(14)7-12(13)11-6-9(11)8-15;/h3-4,7,9,11H,2,5-6,8,15H2,1H3;1H/t9-,11+;/m0./s1. The van der Waals surface area contributed by atoms with E-state index in [0.29, 0.717) is 11.8 Å². The summed E-state index contributed by atoms with van der Waals surface area (Å²) in [4.78, 5) is 0. The van der Waals surface area contributed by atoms with E-state index in [0.717, 1.165) is 30.3 Å². The molecule has 0 aliphatic heterocycles. The third-order valence-corrected chi connectivity index (χ3v) is 3.29. The van der Waals surface area contributed by atoms with E-state index in [-0.39, 0.29) is 12.4 Å². The van der Waals surface area contributed by atoms with Crippen LogP contribution in [0.1, 0.15) is 31.2 Å². The second kappa shape index (κ2) is 6.48. The van der Waals surface area contributed by atoms with Crippen LogP contribution in [0.15, 0.2) is 18.2 Å². The van der Waals surface area contributed by atoms with Crippen molar-refractivity contribution in [3.8, 4) is 5.75 Å². The van der Waals surface area contributed by atoms with Crippen molar-refractivity contribution < 1.29 is 4.74 Å². The summed E-state index contributed by atoms with van der Waals surface area (Å²) in [5, 5.41) is 0.779. The molecule has 4 heteroatoms. The van der Waals surface area contributed by atoms with Gasteiger partial charge < -0.3 is 10.5 Å². The van der Waals surface area contributed by atoms with Gasteiger partial charge in [0.25, 0.3) is 0 Å². The quantitative estimate of drug-likeness (QED) is 0.891. The first kappa shape index (κ1) is 14.6. The van der Waals surface area contributed by atoms with Crippen LogP contribution in [0.4, 0.5) is 0 Å². The number of rotatable bonds is 5. The van der Waals surface area contributed by atoms with Crippen molar-refractivity contribution in [2.75, 3.05) is 13.2 Å². The first-order valence-corrected chi connectivity index (χ1v) is 6.26. The van der Waals surface area contributed by atoms with Crippen molar-refractivity contribution in [2.45, 2.75) is 25.7 Å². The average Bonchev–Trinajstić information content (AvgIpc) is 3.06. The average molecular weight is 276 g/mol. The molecule has 0 spiro atoms. The van der Waals surface area contributed by atoms with Gasteiger partial charge in [0, 0.05) is 5.02 Å². The topological polar surface area (TPSA) is 35.2 Å². The molecule has 2 N–H and O–H groups in total. The number of hydrogen-bond donors (Lipinski definition) is 1. The largest absolute Gasteiger partial charge is 0.493 e. The van der Waals surface area contributed by atoms with Gasteiger partial charge in [-0.25, -0.2) is 0 Å². The zero-order valence-corrected chi connectivity index (χ0v) is 11.6. The first-order valence-electron chi connectivity index (χ1n) is 5.88. The van der Waals surface area contributed by atoms with Gasteiger partial charge in [0.05, 0.1) is 6.61 Å². The molecule has 1 aliphatic rings. The van der Waals surface area contributed by atoms with Crippen LogP contribution in [0.25, 0.3) is 0 Å². The molecular weight excluding hydrogens is 257 g/mol. The van der Waals surface area contributed by atoms with Gasteiger partial charge in [0.1, 0.15) is 5.75 Å². The molecule has 2 atom stereocenters. The second-order valence-corrected chi connectivity index (χ2v) is 4.81. The fourth-order valence-electron chi connectivity index (χ4n) is 2.04. The van der Waals surface area contributed by atoms with Crippen LogP contribution in [0, 0.1) is 5.92 Å². The highest BCUT2D eigenvalue weighted by Crippen LogP contribution is 2.50. The fourth-order valence-corrected chi connectivity index (χ4v) is 2.22. The second-order valence-electron chi connectivity index (χ2n) is 4.37. The normalized spacial score (nSPS) is 21.8. The van der Waals surface area contributed by atoms with Crippen LogP contribution in [-0.4, -0.2) is 13.2 Å². The minimum atomic E-state index is 0. The maximum Gasteiger partial charge on any atom is 0.122 e. The van der Waals surface area contributed by atoms with Crippen molar-refractivity contribution >= 4 is 24.0 Å². The lowest BCUT2D eigenvalue weighted by atomic mass is 10.1. The Morgan fingerprint density at radius 2 is 2.24 bits per heavy atom. The first-order chi connectivity index (χ1) is 7.76. The zero-order chi connectivity index (χ0) is 11.5. The number of halogens is 2. The molecule has 1 aliphatic carbocycles. The van der Waals surface area contributed by atoms with Crippen molar-refractivity contribution in [2.24, 2.45) is 11.7 Å². The third-order valence-electron chi connectivity index (χ3n) is 3.06. The van der Waals surface area contributed by atoms with E-state index in [1.165, 1.54) is 12.0 Å². The Balaban J connectivity index is 0.00000144. The van der Waals surface area contributed by atoms with Gasteiger partial charge in [0.2, 0.25) is 0 Å². The van der Waals surface area contributed by atoms with Crippen LogP contribution < -0.4 is 10.5 Å². The van der Waals surface area contributed by atoms with Crippen molar-refractivity contribution in [1.29, 1.82) is 0 Å². The summed E-state index contributed by atoms with van der Waals surface area (Å²) in [6.45, 7) is 3.62. The molecule has 0 unspecified atom stereocenters. The van der Waals surface area contributed by atoms with E-state index in [9.17, 15) is 0 Å². The Bertz CT molecular complexity index is 370. The SMILES string of the molecule is CCCOc1ccc(Cl)cc1[C@@H]1C[C@H]1CN.Cl. The zero-order valence-electron chi connectivity index (χ0n) is 9.99. The Morgan fingerprint density at radius 3 is 2.82 bits per heavy atom. The summed E-state index contributed by atoms with van der Waals surface area (Å²) >= 11 is 6.03. The summed E-state index contributed by atoms with van der Waals surface area (Å²) < 4.78 is 5.74. The molecule has 0 amide bonds. The lowest BCUT2D eigenvalue weighted by molar-refractivity contribution is 0.314. The van der Waals surface area contributed by atoms with Gasteiger partial charge in [-0.3, -0.25) is 0 Å². The van der Waals surface area contributed by atoms with Gasteiger partial charge in [0.15, 0.2) is 0 Å². The van der Waals surface area contributed by atoms with Crippen molar-refractivity contribution in [3.63, 3.8) is 0 Å². The summed E-state index contributed by atoms with van der Waals surface area (Å²) in [7, 11) is 0. The molecule has 0 bridgehead atoms. The smallest absolute Gasteiger partial charge is 0.122 e. The Morgan fingerprint density at radius 1 is 1.47 bits per heavy atom. The lowest BCUT2D eigenvalue weighted by Crippen LogP contribution is -2.03. The van der Waals surface area contributed by atoms with Gasteiger partial charge in [-0.1, -0.05) is 18.5 Å². The summed E-state index contributed by atoms with van der Waals surface area (Å²) in [5.41, 5.74) is 6.91. The van der Waals surface area contributed by atoms with Crippen molar-refractivity contribution in [1.82, 2.24) is 0 Å². The van der Waals surface area contributed by atoms with E-state index in [1.807, 2.05) is 18.2 Å². The minimum absolute atomic E-state index is 0. The van der Waals surface area contributed by atoms with E-state index < -0.39 is 0 Å². The number of ether oxygens (including phenoxy) is 1. The molecule has 1 saturated carbocycles. The Hall–Kier alpha value is -0.440. The maximum atomic E-state index is 6.03. The Kier molecular flexibility index (Phi) is 5.57. The summed E-state index contributed by atoms with van der Waals surface area (Å²) in [6.07, 6.45) is 2.19. The van der Waals surface area contributed by atoms with E-state index in [1.54, 1.807) is 0 Å². The third kappa shape index (κ3) is 3.51. The number of nitrogens with two attached hydrogens (primary N) is 1. The number of hydrogen-bond acceptors (Lipinski definition) is 2. The predicted molar refractivity (Wildman–Crippen MR) is 74.4 cm³/mol. The molecule has 0 radical (unpaired) electrons. The highest BCUT2D eigenvalue weighted by molar-refractivity contribution is 6.30. The molecule has 0 aromatic heterocycles. The van der Waals surface area contributed by atoms with Crippen LogP contribution >= 0.6 is 24.0 Å². The molecule has 17 heavy (non-hydrogen) atoms. The van der Waals surface area contributed by atoms with Gasteiger partial charge in [-0.2, -0.15) is 0 Å². The minimum Gasteiger partial charge on any atom is -0.493 e. The summed E-state index contributed by atoms with van der Waals surface area (Å²) in [5.74, 6) is 2.14. The van der Waals surface area contributed by atoms with Crippen LogP contribution in [-0.2, 0) is 0 Å². The van der Waals surface area contributed by atoms with Gasteiger partial charge in [-0.05, 0) is 55.0 Å². The molecule has 0 heterocycles. The molecular formula is C13H19Cl2NO. The van der Waals surface area contributed by atoms with E-state index >= 15 is 0 Å².